The fourth-order valence-corrected chi connectivity index (χ4v) is 2.44. The van der Waals surface area contributed by atoms with Crippen LogP contribution in [0.5, 0.6) is 0 Å². The number of carbonyl (C=O) groups is 5. The number of nitrogens with zero attached hydrogens (tertiary/aromatic N) is 3. The Morgan fingerprint density at radius 2 is 1.28 bits per heavy atom. The van der Waals surface area contributed by atoms with Crippen molar-refractivity contribution in [1.82, 2.24) is 9.80 Å². The largest absolute Gasteiger partial charge is 0.619 e. The van der Waals surface area contributed by atoms with E-state index in [0.717, 1.165) is 39.1 Å². The van der Waals surface area contributed by atoms with Gasteiger partial charge in [-0.15, -0.1) is 0 Å². The zero-order valence-corrected chi connectivity index (χ0v) is 19.6. The second-order valence-corrected chi connectivity index (χ2v) is 7.10. The molecule has 36 heavy (non-hydrogen) atoms. The Morgan fingerprint density at radius 3 is 1.67 bits per heavy atom. The van der Waals surface area contributed by atoms with E-state index in [1.54, 1.807) is 0 Å². The number of aromatic nitrogens is 1. The summed E-state index contributed by atoms with van der Waals surface area (Å²) in [6.45, 7) is 5.71. The third-order valence-corrected chi connectivity index (χ3v) is 4.22. The van der Waals surface area contributed by atoms with Crippen molar-refractivity contribution in [2.75, 3.05) is 46.4 Å². The van der Waals surface area contributed by atoms with Gasteiger partial charge in [0.15, 0.2) is 12.4 Å². The van der Waals surface area contributed by atoms with Crippen LogP contribution in [-0.4, -0.2) is 106 Å². The smallest absolute Gasteiger partial charge is 0.338 e. The molecule has 1 aliphatic heterocycles. The minimum atomic E-state index is -1.26. The van der Waals surface area contributed by atoms with Crippen LogP contribution in [0.4, 0.5) is 0 Å². The van der Waals surface area contributed by atoms with Crippen molar-refractivity contribution >= 4 is 29.8 Å². The Bertz CT molecular complexity index is 856. The quantitative estimate of drug-likeness (QED) is 0.109. The molecule has 2 rings (SSSR count). The van der Waals surface area contributed by atoms with E-state index in [4.69, 9.17) is 25.2 Å². The topological polar surface area (TPSA) is 209 Å². The second-order valence-electron chi connectivity index (χ2n) is 7.10. The van der Waals surface area contributed by atoms with Gasteiger partial charge in [-0.1, -0.05) is 0 Å². The summed E-state index contributed by atoms with van der Waals surface area (Å²) >= 11 is 0. The number of hydrogen-bond acceptors (Lipinski definition) is 9. The first-order chi connectivity index (χ1) is 16.9. The van der Waals surface area contributed by atoms with Gasteiger partial charge >= 0.3 is 29.8 Å². The Balaban J connectivity index is 0.000000634. The fraction of sp³-hybridized carbons (Fsp3) is 0.364. The van der Waals surface area contributed by atoms with E-state index in [1.165, 1.54) is 24.5 Å². The lowest BCUT2D eigenvalue weighted by Crippen LogP contribution is -2.44. The number of carboxylic acids is 4. The van der Waals surface area contributed by atoms with Crippen LogP contribution < -0.4 is 4.73 Å². The van der Waals surface area contributed by atoms with E-state index >= 15 is 0 Å². The van der Waals surface area contributed by atoms with Crippen molar-refractivity contribution in [3.8, 4) is 0 Å². The Hall–Kier alpha value is -4.30. The molecule has 0 radical (unpaired) electrons. The summed E-state index contributed by atoms with van der Waals surface area (Å²) in [4.78, 5) is 54.6. The lowest BCUT2D eigenvalue weighted by atomic mass is 10.3. The van der Waals surface area contributed by atoms with Crippen LogP contribution in [0.1, 0.15) is 16.8 Å². The molecular weight excluding hydrogens is 482 g/mol. The summed E-state index contributed by atoms with van der Waals surface area (Å²) < 4.78 is 5.84. The standard InChI is InChI=1S/C14H21N3O3.2C4H4O4/c1-15-8-10-16(11-9-15)5-2-12-20-14(18)13-3-6-17(19)7-4-13;2*5-3(6)1-2-4(7)8/h3-4,6-7H,2,5,8-12H2,1H3;2*1-2H,(H,5,6)(H,7,8)/b;2*2-1-. The Morgan fingerprint density at radius 1 is 0.861 bits per heavy atom. The number of pyridine rings is 1. The maximum absolute atomic E-state index is 11.7. The molecule has 1 aromatic heterocycles. The first-order valence-corrected chi connectivity index (χ1v) is 10.5. The second kappa shape index (κ2) is 18.1. The van der Waals surface area contributed by atoms with Crippen LogP contribution in [-0.2, 0) is 23.9 Å². The SMILES string of the molecule is CN1CCN(CCCOC(=O)c2cc[n+]([O-])cc2)CC1.O=C(O)/C=C\C(=O)O.O=C(O)/C=C\C(=O)O. The van der Waals surface area contributed by atoms with Gasteiger partial charge in [0.25, 0.3) is 0 Å². The summed E-state index contributed by atoms with van der Waals surface area (Å²) in [6.07, 6.45) is 5.65. The van der Waals surface area contributed by atoms with E-state index in [9.17, 15) is 29.2 Å². The van der Waals surface area contributed by atoms with Crippen LogP contribution in [0.3, 0.4) is 0 Å². The molecular formula is C22H29N3O11. The number of rotatable bonds is 9. The molecule has 1 saturated heterocycles. The Kier molecular flexibility index (Phi) is 15.9. The Labute approximate surface area is 206 Å². The summed E-state index contributed by atoms with van der Waals surface area (Å²) in [6, 6.07) is 2.94. The van der Waals surface area contributed by atoms with E-state index in [1.807, 2.05) is 0 Å². The molecule has 2 heterocycles. The predicted molar refractivity (Wildman–Crippen MR) is 123 cm³/mol. The van der Waals surface area contributed by atoms with Gasteiger partial charge < -0.3 is 40.2 Å². The number of hydrogen-bond donors (Lipinski definition) is 4. The van der Waals surface area contributed by atoms with Gasteiger partial charge in [-0.3, -0.25) is 0 Å². The van der Waals surface area contributed by atoms with Gasteiger partial charge in [0, 0.05) is 69.2 Å². The molecule has 0 aromatic carbocycles. The molecule has 1 aromatic rings. The van der Waals surface area contributed by atoms with Crippen LogP contribution in [0.25, 0.3) is 0 Å². The van der Waals surface area contributed by atoms with Crippen molar-refractivity contribution in [3.63, 3.8) is 0 Å². The number of esters is 1. The number of carbonyl (C=O) groups excluding carboxylic acids is 1. The maximum atomic E-state index is 11.7. The molecule has 1 fully saturated rings. The fourth-order valence-electron chi connectivity index (χ4n) is 2.44. The van der Waals surface area contributed by atoms with Crippen LogP contribution in [0.15, 0.2) is 48.8 Å². The van der Waals surface area contributed by atoms with Gasteiger partial charge in [-0.2, -0.15) is 4.73 Å². The summed E-state index contributed by atoms with van der Waals surface area (Å²) in [7, 11) is 2.13. The summed E-state index contributed by atoms with van der Waals surface area (Å²) in [5.74, 6) is -5.40. The average molecular weight is 511 g/mol. The van der Waals surface area contributed by atoms with Gasteiger partial charge in [-0.25, -0.2) is 24.0 Å². The molecule has 0 spiro atoms. The van der Waals surface area contributed by atoms with Gasteiger partial charge in [0.1, 0.15) is 0 Å². The van der Waals surface area contributed by atoms with Crippen LogP contribution >= 0.6 is 0 Å². The van der Waals surface area contributed by atoms with Crippen molar-refractivity contribution < 1.29 is 53.9 Å². The van der Waals surface area contributed by atoms with E-state index in [-0.39, 0.29) is 5.97 Å². The highest BCUT2D eigenvalue weighted by Crippen LogP contribution is 2.02. The lowest BCUT2D eigenvalue weighted by molar-refractivity contribution is -0.605. The number of aliphatic carboxylic acids is 4. The first-order valence-electron chi connectivity index (χ1n) is 10.5. The third-order valence-electron chi connectivity index (χ3n) is 4.22. The minimum Gasteiger partial charge on any atom is -0.619 e. The zero-order chi connectivity index (χ0) is 27.5. The molecule has 0 unspecified atom stereocenters. The molecule has 14 nitrogen and oxygen atoms in total. The highest BCUT2D eigenvalue weighted by Gasteiger charge is 2.13. The summed E-state index contributed by atoms with van der Waals surface area (Å²) in [5.41, 5.74) is 0.414. The normalized spacial score (nSPS) is 13.7. The molecule has 0 aliphatic carbocycles. The van der Waals surface area contributed by atoms with Gasteiger partial charge in [0.05, 0.1) is 12.2 Å². The molecule has 14 heteroatoms. The molecule has 198 valence electrons. The lowest BCUT2D eigenvalue weighted by Gasteiger charge is -2.32. The van der Waals surface area contributed by atoms with Crippen LogP contribution in [0.2, 0.25) is 0 Å². The predicted octanol–water partition coefficient (Wildman–Crippen LogP) is -0.462. The molecule has 4 N–H and O–H groups in total. The molecule has 0 saturated carbocycles. The third kappa shape index (κ3) is 18.2. The van der Waals surface area contributed by atoms with Crippen molar-refractivity contribution in [2.45, 2.75) is 6.42 Å². The van der Waals surface area contributed by atoms with Crippen molar-refractivity contribution in [2.24, 2.45) is 0 Å². The molecule has 0 bridgehead atoms. The molecule has 0 atom stereocenters. The van der Waals surface area contributed by atoms with Crippen molar-refractivity contribution in [3.05, 3.63) is 59.6 Å². The number of likely N-dealkylation sites (N-methyl/N-ethyl adjacent to an activating group) is 1. The van der Waals surface area contributed by atoms with E-state index in [0.29, 0.717) is 41.2 Å². The first kappa shape index (κ1) is 31.7. The highest BCUT2D eigenvalue weighted by atomic mass is 16.5. The zero-order valence-electron chi connectivity index (χ0n) is 19.6. The number of carboxylic acid groups (broad SMARTS) is 4. The van der Waals surface area contributed by atoms with Crippen molar-refractivity contribution in [1.29, 1.82) is 0 Å². The molecule has 0 amide bonds. The molecule has 1 aliphatic rings. The minimum absolute atomic E-state index is 0.371. The highest BCUT2D eigenvalue weighted by molar-refractivity contribution is 5.90. The van der Waals surface area contributed by atoms with Gasteiger partial charge in [0.2, 0.25) is 0 Å². The maximum Gasteiger partial charge on any atom is 0.338 e. The number of piperazine rings is 1. The average Bonchev–Trinajstić information content (AvgIpc) is 2.81. The summed E-state index contributed by atoms with van der Waals surface area (Å²) in [5, 5.41) is 42.1. The van der Waals surface area contributed by atoms with Gasteiger partial charge in [-0.05, 0) is 13.5 Å². The number of ether oxygens (including phenoxy) is 1. The van der Waals surface area contributed by atoms with E-state index < -0.39 is 23.9 Å². The van der Waals surface area contributed by atoms with Crippen LogP contribution in [0, 0.1) is 5.21 Å². The van der Waals surface area contributed by atoms with E-state index in [2.05, 4.69) is 16.8 Å². The monoisotopic (exact) mass is 511 g/mol.